The second-order valence-electron chi connectivity index (χ2n) is 0.988. The Balaban J connectivity index is 2.45. The second kappa shape index (κ2) is 1.58. The van der Waals surface area contributed by atoms with Crippen LogP contribution in [-0.4, -0.2) is 0 Å². The van der Waals surface area contributed by atoms with Crippen LogP contribution in [0.5, 0.6) is 0 Å². The minimum Gasteiger partial charge on any atom is -0.377 e. The molecule has 0 atom stereocenters. The number of rotatable bonds is 0. The molecule has 0 amide bonds. The maximum absolute atomic E-state index is 3.95. The SMILES string of the molecule is SC1=C[CH-]N[C]1. The molecule has 1 heterocycles. The van der Waals surface area contributed by atoms with Crippen LogP contribution in [0.3, 0.4) is 0 Å². The van der Waals surface area contributed by atoms with Crippen molar-refractivity contribution in [3.63, 3.8) is 0 Å². The summed E-state index contributed by atoms with van der Waals surface area (Å²) < 4.78 is 0. The summed E-state index contributed by atoms with van der Waals surface area (Å²) in [6, 6.07) is 0. The summed E-state index contributed by atoms with van der Waals surface area (Å²) in [7, 11) is 0. The number of hydrogen-bond donors (Lipinski definition) is 2. The summed E-state index contributed by atoms with van der Waals surface area (Å²) in [4.78, 5) is 0.856. The molecule has 0 aromatic rings. The summed E-state index contributed by atoms with van der Waals surface area (Å²) in [6.07, 6.45) is 1.84. The van der Waals surface area contributed by atoms with Crippen LogP contribution >= 0.6 is 12.6 Å². The maximum Gasteiger partial charge on any atom is -0.0160 e. The molecule has 6 heavy (non-hydrogen) atoms. The molecule has 0 aliphatic carbocycles. The molecule has 32 valence electrons. The van der Waals surface area contributed by atoms with E-state index in [2.05, 4.69) is 24.5 Å². The minimum atomic E-state index is 0.856. The summed E-state index contributed by atoms with van der Waals surface area (Å²) in [6.45, 7) is 4.52. The van der Waals surface area contributed by atoms with Gasteiger partial charge in [0.25, 0.3) is 0 Å². The summed E-state index contributed by atoms with van der Waals surface area (Å²) in [5.41, 5.74) is 0. The smallest absolute Gasteiger partial charge is 0.0160 e. The molecule has 1 nitrogen and oxygen atoms in total. The molecule has 2 heteroatoms. The number of thiol groups is 1. The fourth-order valence-corrected chi connectivity index (χ4v) is 0.417. The zero-order valence-electron chi connectivity index (χ0n) is 3.10. The second-order valence-corrected chi connectivity index (χ2v) is 1.47. The van der Waals surface area contributed by atoms with Crippen LogP contribution in [0.25, 0.3) is 0 Å². The summed E-state index contributed by atoms with van der Waals surface area (Å²) >= 11 is 3.95. The molecule has 0 saturated carbocycles. The molecule has 0 aromatic carbocycles. The third-order valence-corrected chi connectivity index (χ3v) is 0.786. The van der Waals surface area contributed by atoms with Crippen molar-refractivity contribution < 1.29 is 0 Å². The normalized spacial score (nSPS) is 19.8. The van der Waals surface area contributed by atoms with Crippen LogP contribution in [0.1, 0.15) is 0 Å². The Morgan fingerprint density at radius 3 is 3.00 bits per heavy atom. The Bertz CT molecular complexity index is 77.6. The van der Waals surface area contributed by atoms with E-state index in [-0.39, 0.29) is 0 Å². The molecule has 1 aliphatic rings. The monoisotopic (exact) mass is 98.0 g/mol. The fraction of sp³-hybridized carbons (Fsp3) is 0. The lowest BCUT2D eigenvalue weighted by Gasteiger charge is -1.91. The number of hydrogen-bond acceptors (Lipinski definition) is 2. The highest BCUT2D eigenvalue weighted by atomic mass is 32.1. The molecule has 0 bridgehead atoms. The fourth-order valence-electron chi connectivity index (χ4n) is 0.278. The van der Waals surface area contributed by atoms with E-state index >= 15 is 0 Å². The van der Waals surface area contributed by atoms with Gasteiger partial charge in [0.1, 0.15) is 0 Å². The highest BCUT2D eigenvalue weighted by Gasteiger charge is 1.82. The van der Waals surface area contributed by atoms with Crippen molar-refractivity contribution in [1.29, 1.82) is 0 Å². The van der Waals surface area contributed by atoms with E-state index in [1.165, 1.54) is 0 Å². The number of nitrogens with one attached hydrogen (secondary N) is 1. The van der Waals surface area contributed by atoms with E-state index in [9.17, 15) is 0 Å². The lowest BCUT2D eigenvalue weighted by molar-refractivity contribution is 1.08. The standard InChI is InChI=1S/C4H4NS/c6-4-1-2-5-3-4/h1-2,5-6H/q-1. The summed E-state index contributed by atoms with van der Waals surface area (Å²) in [5, 5.41) is 2.73. The van der Waals surface area contributed by atoms with Crippen molar-refractivity contribution in [3.05, 3.63) is 24.1 Å². The molecule has 1 aliphatic heterocycles. The van der Waals surface area contributed by atoms with Gasteiger partial charge in [0.05, 0.1) is 0 Å². The molecule has 0 unspecified atom stereocenters. The van der Waals surface area contributed by atoms with Gasteiger partial charge in [-0.2, -0.15) is 6.54 Å². The Morgan fingerprint density at radius 2 is 2.83 bits per heavy atom. The van der Waals surface area contributed by atoms with Gasteiger partial charge in [-0.3, -0.25) is 0 Å². The van der Waals surface area contributed by atoms with Crippen LogP contribution in [0.4, 0.5) is 0 Å². The van der Waals surface area contributed by atoms with E-state index in [1.807, 2.05) is 6.08 Å². The molecule has 0 spiro atoms. The molecular weight excluding hydrogens is 94.1 g/mol. The molecule has 1 N–H and O–H groups in total. The topological polar surface area (TPSA) is 12.0 Å². The van der Waals surface area contributed by atoms with Crippen molar-refractivity contribution in [2.45, 2.75) is 0 Å². The van der Waals surface area contributed by atoms with Crippen LogP contribution in [0, 0.1) is 13.1 Å². The van der Waals surface area contributed by atoms with Gasteiger partial charge in [-0.25, -0.2) is 18.7 Å². The quantitative estimate of drug-likeness (QED) is 0.334. The van der Waals surface area contributed by atoms with E-state index < -0.39 is 0 Å². The first-order valence-electron chi connectivity index (χ1n) is 1.63. The zero-order valence-corrected chi connectivity index (χ0v) is 4.00. The Hall–Kier alpha value is -0.0800. The Morgan fingerprint density at radius 1 is 2.00 bits per heavy atom. The van der Waals surface area contributed by atoms with Gasteiger partial charge in [0, 0.05) is 0 Å². The highest BCUT2D eigenvalue weighted by Crippen LogP contribution is 2.07. The summed E-state index contributed by atoms with van der Waals surface area (Å²) in [5.74, 6) is 0. The Kier molecular flexibility index (Phi) is 1.08. The molecule has 2 radical (unpaired) electrons. The van der Waals surface area contributed by atoms with Crippen molar-refractivity contribution in [2.24, 2.45) is 0 Å². The first kappa shape index (κ1) is 4.09. The lowest BCUT2D eigenvalue weighted by Crippen LogP contribution is -1.94. The molecule has 0 saturated heterocycles. The first-order chi connectivity index (χ1) is 2.89. The van der Waals surface area contributed by atoms with Crippen LogP contribution in [0.2, 0.25) is 0 Å². The van der Waals surface area contributed by atoms with Crippen LogP contribution in [-0.2, 0) is 0 Å². The van der Waals surface area contributed by atoms with Gasteiger partial charge in [0.2, 0.25) is 0 Å². The average Bonchev–Trinajstić information content (AvgIpc) is 1.86. The zero-order chi connectivity index (χ0) is 4.41. The third kappa shape index (κ3) is 0.698. The predicted octanol–water partition coefficient (Wildman–Crippen LogP) is 0.604. The molecule has 0 fully saturated rings. The van der Waals surface area contributed by atoms with Crippen LogP contribution in [0.15, 0.2) is 11.0 Å². The van der Waals surface area contributed by atoms with E-state index in [1.54, 1.807) is 6.54 Å². The predicted molar refractivity (Wildman–Crippen MR) is 27.7 cm³/mol. The Labute approximate surface area is 42.8 Å². The van der Waals surface area contributed by atoms with Crippen molar-refractivity contribution in [1.82, 2.24) is 5.32 Å². The van der Waals surface area contributed by atoms with Crippen LogP contribution < -0.4 is 5.32 Å². The lowest BCUT2D eigenvalue weighted by atomic mass is 10.6. The van der Waals surface area contributed by atoms with Crippen molar-refractivity contribution in [2.75, 3.05) is 0 Å². The van der Waals surface area contributed by atoms with Gasteiger partial charge in [-0.15, -0.1) is 4.91 Å². The van der Waals surface area contributed by atoms with E-state index in [0.717, 1.165) is 4.91 Å². The maximum atomic E-state index is 3.95. The average molecular weight is 98.1 g/mol. The molecule has 0 aromatic heterocycles. The molecule has 1 rings (SSSR count). The van der Waals surface area contributed by atoms with Gasteiger partial charge >= 0.3 is 0 Å². The van der Waals surface area contributed by atoms with Gasteiger partial charge < -0.3 is 5.32 Å². The van der Waals surface area contributed by atoms with E-state index in [4.69, 9.17) is 0 Å². The van der Waals surface area contributed by atoms with Gasteiger partial charge in [-0.05, 0) is 6.54 Å². The highest BCUT2D eigenvalue weighted by molar-refractivity contribution is 7.84. The van der Waals surface area contributed by atoms with Crippen molar-refractivity contribution >= 4 is 12.6 Å². The van der Waals surface area contributed by atoms with E-state index in [0.29, 0.717) is 0 Å². The third-order valence-electron chi connectivity index (χ3n) is 0.525. The minimum absolute atomic E-state index is 0.856. The van der Waals surface area contributed by atoms with Gasteiger partial charge in [0.15, 0.2) is 0 Å². The van der Waals surface area contributed by atoms with Gasteiger partial charge in [-0.1, -0.05) is 0 Å². The molecular formula is C4H4NS-. The first-order valence-corrected chi connectivity index (χ1v) is 2.08. The van der Waals surface area contributed by atoms with Crippen molar-refractivity contribution in [3.8, 4) is 0 Å². The largest absolute Gasteiger partial charge is 0.377 e.